The van der Waals surface area contributed by atoms with Crippen molar-refractivity contribution in [3.63, 3.8) is 0 Å². The normalized spacial score (nSPS) is 11.6. The predicted octanol–water partition coefficient (Wildman–Crippen LogP) is 6.55. The monoisotopic (exact) mass is 530 g/mol. The van der Waals surface area contributed by atoms with Gasteiger partial charge in [0.25, 0.3) is 11.8 Å². The van der Waals surface area contributed by atoms with Crippen LogP contribution in [-0.4, -0.2) is 24.0 Å². The summed E-state index contributed by atoms with van der Waals surface area (Å²) in [5, 5.41) is 6.07. The molecule has 0 saturated heterocycles. The van der Waals surface area contributed by atoms with Gasteiger partial charge in [-0.15, -0.1) is 0 Å². The summed E-state index contributed by atoms with van der Waals surface area (Å²) in [6.07, 6.45) is -0.815. The van der Waals surface area contributed by atoms with Crippen molar-refractivity contribution in [2.45, 2.75) is 33.0 Å². The molecule has 0 radical (unpaired) electrons. The molecule has 172 valence electrons. The number of anilines is 2. The third kappa shape index (κ3) is 6.97. The molecule has 0 bridgehead atoms. The molecular formula is C25H24BrClN2O4. The highest BCUT2D eigenvalue weighted by molar-refractivity contribution is 9.10. The number of ether oxygens (including phenoxy) is 2. The Labute approximate surface area is 206 Å². The van der Waals surface area contributed by atoms with Crippen molar-refractivity contribution in [2.75, 3.05) is 10.6 Å². The largest absolute Gasteiger partial charge is 0.490 e. The Morgan fingerprint density at radius 1 is 0.848 bits per heavy atom. The lowest BCUT2D eigenvalue weighted by Crippen LogP contribution is -2.30. The average Bonchev–Trinajstić information content (AvgIpc) is 2.77. The van der Waals surface area contributed by atoms with E-state index in [1.165, 1.54) is 0 Å². The number of nitrogens with one attached hydrogen (secondary N) is 2. The van der Waals surface area contributed by atoms with E-state index in [4.69, 9.17) is 21.1 Å². The van der Waals surface area contributed by atoms with Crippen LogP contribution in [0.4, 0.5) is 11.4 Å². The number of amides is 2. The van der Waals surface area contributed by atoms with Gasteiger partial charge in [0, 0.05) is 15.8 Å². The van der Waals surface area contributed by atoms with E-state index >= 15 is 0 Å². The van der Waals surface area contributed by atoms with Crippen LogP contribution in [0.25, 0.3) is 0 Å². The summed E-state index contributed by atoms with van der Waals surface area (Å²) < 4.78 is 12.2. The van der Waals surface area contributed by atoms with Crippen molar-refractivity contribution >= 4 is 50.7 Å². The number of carbonyl (C=O) groups is 2. The summed E-state index contributed by atoms with van der Waals surface area (Å²) in [6, 6.07) is 19.0. The zero-order valence-electron chi connectivity index (χ0n) is 18.4. The maximum atomic E-state index is 12.8. The Balaban J connectivity index is 1.62. The van der Waals surface area contributed by atoms with Crippen LogP contribution >= 0.6 is 27.5 Å². The lowest BCUT2D eigenvalue weighted by Gasteiger charge is -2.16. The quantitative estimate of drug-likeness (QED) is 0.346. The number of rotatable bonds is 8. The first-order chi connectivity index (χ1) is 15.7. The van der Waals surface area contributed by atoms with E-state index in [1.54, 1.807) is 67.6 Å². The average molecular weight is 532 g/mol. The summed E-state index contributed by atoms with van der Waals surface area (Å²) in [5.41, 5.74) is 1.56. The highest BCUT2D eigenvalue weighted by Gasteiger charge is 2.17. The molecule has 3 rings (SSSR count). The summed E-state index contributed by atoms with van der Waals surface area (Å²) in [6.45, 7) is 5.44. The maximum absolute atomic E-state index is 12.8. The Bertz CT molecular complexity index is 1140. The Kier molecular flexibility index (Phi) is 8.36. The minimum absolute atomic E-state index is 0.0649. The number of para-hydroxylation sites is 1. The fourth-order valence-corrected chi connectivity index (χ4v) is 3.44. The van der Waals surface area contributed by atoms with E-state index in [-0.39, 0.29) is 17.9 Å². The first kappa shape index (κ1) is 24.6. The highest BCUT2D eigenvalue weighted by Crippen LogP contribution is 2.26. The third-order valence-electron chi connectivity index (χ3n) is 4.47. The maximum Gasteiger partial charge on any atom is 0.265 e. The second-order valence-corrected chi connectivity index (χ2v) is 8.84. The van der Waals surface area contributed by atoms with Gasteiger partial charge in [-0.3, -0.25) is 9.59 Å². The molecule has 3 aromatic rings. The standard InChI is InChI=1S/C25H24BrClN2O4/c1-15(2)32-22-13-8-17(26)14-20(22)25(31)29-19-11-9-18(10-12-19)28-24(30)16(3)33-23-7-5-4-6-21(23)27/h4-16H,1-3H3,(H,28,30)(H,29,31). The molecular weight excluding hydrogens is 508 g/mol. The molecule has 1 atom stereocenters. The van der Waals surface area contributed by atoms with Crippen LogP contribution in [-0.2, 0) is 4.79 Å². The van der Waals surface area contributed by atoms with Gasteiger partial charge in [0.15, 0.2) is 6.10 Å². The highest BCUT2D eigenvalue weighted by atomic mass is 79.9. The number of hydrogen-bond donors (Lipinski definition) is 2. The van der Waals surface area contributed by atoms with Gasteiger partial charge >= 0.3 is 0 Å². The summed E-state index contributed by atoms with van der Waals surface area (Å²) >= 11 is 9.47. The van der Waals surface area contributed by atoms with E-state index in [2.05, 4.69) is 26.6 Å². The zero-order chi connectivity index (χ0) is 24.0. The molecule has 2 N–H and O–H groups in total. The first-order valence-electron chi connectivity index (χ1n) is 10.3. The van der Waals surface area contributed by atoms with E-state index in [0.717, 1.165) is 4.47 Å². The summed E-state index contributed by atoms with van der Waals surface area (Å²) in [4.78, 5) is 25.3. The minimum atomic E-state index is -0.750. The summed E-state index contributed by atoms with van der Waals surface area (Å²) in [7, 11) is 0. The van der Waals surface area contributed by atoms with Gasteiger partial charge in [-0.25, -0.2) is 0 Å². The van der Waals surface area contributed by atoms with Crippen LogP contribution in [0.2, 0.25) is 5.02 Å². The van der Waals surface area contributed by atoms with Crippen LogP contribution in [0.5, 0.6) is 11.5 Å². The second kappa shape index (κ2) is 11.2. The minimum Gasteiger partial charge on any atom is -0.490 e. The molecule has 8 heteroatoms. The molecule has 0 aromatic heterocycles. The van der Waals surface area contributed by atoms with Crippen molar-refractivity contribution < 1.29 is 19.1 Å². The van der Waals surface area contributed by atoms with Crippen LogP contribution in [0.3, 0.4) is 0 Å². The molecule has 0 saturated carbocycles. The SMILES string of the molecule is CC(C)Oc1ccc(Br)cc1C(=O)Nc1ccc(NC(=O)C(C)Oc2ccccc2Cl)cc1. The van der Waals surface area contributed by atoms with Gasteiger partial charge < -0.3 is 20.1 Å². The lowest BCUT2D eigenvalue weighted by molar-refractivity contribution is -0.122. The molecule has 0 fully saturated rings. The predicted molar refractivity (Wildman–Crippen MR) is 134 cm³/mol. The van der Waals surface area contributed by atoms with Gasteiger partial charge in [-0.2, -0.15) is 0 Å². The fourth-order valence-electron chi connectivity index (χ4n) is 2.90. The Hall–Kier alpha value is -3.03. The first-order valence-corrected chi connectivity index (χ1v) is 11.5. The zero-order valence-corrected chi connectivity index (χ0v) is 20.7. The van der Waals surface area contributed by atoms with Crippen molar-refractivity contribution in [3.05, 3.63) is 81.8 Å². The number of benzene rings is 3. The van der Waals surface area contributed by atoms with E-state index < -0.39 is 6.10 Å². The van der Waals surface area contributed by atoms with Crippen LogP contribution < -0.4 is 20.1 Å². The fraction of sp³-hybridized carbons (Fsp3) is 0.200. The molecule has 33 heavy (non-hydrogen) atoms. The van der Waals surface area contributed by atoms with Gasteiger partial charge in [0.2, 0.25) is 0 Å². The molecule has 0 heterocycles. The molecule has 0 aliphatic rings. The molecule has 2 amide bonds. The van der Waals surface area contributed by atoms with Crippen LogP contribution in [0.1, 0.15) is 31.1 Å². The molecule has 0 aliphatic carbocycles. The van der Waals surface area contributed by atoms with E-state index in [0.29, 0.717) is 33.5 Å². The smallest absolute Gasteiger partial charge is 0.265 e. The number of hydrogen-bond acceptors (Lipinski definition) is 4. The molecule has 0 aliphatic heterocycles. The van der Waals surface area contributed by atoms with Crippen molar-refractivity contribution in [3.8, 4) is 11.5 Å². The van der Waals surface area contributed by atoms with E-state index in [9.17, 15) is 9.59 Å². The molecule has 1 unspecified atom stereocenters. The Morgan fingerprint density at radius 2 is 1.48 bits per heavy atom. The number of halogens is 2. The molecule has 0 spiro atoms. The van der Waals surface area contributed by atoms with Crippen molar-refractivity contribution in [1.29, 1.82) is 0 Å². The van der Waals surface area contributed by atoms with Crippen molar-refractivity contribution in [2.24, 2.45) is 0 Å². The van der Waals surface area contributed by atoms with Crippen molar-refractivity contribution in [1.82, 2.24) is 0 Å². The lowest BCUT2D eigenvalue weighted by atomic mass is 10.1. The molecule has 6 nitrogen and oxygen atoms in total. The van der Waals surface area contributed by atoms with Crippen LogP contribution in [0.15, 0.2) is 71.2 Å². The van der Waals surface area contributed by atoms with Gasteiger partial charge in [0.05, 0.1) is 16.7 Å². The van der Waals surface area contributed by atoms with Crippen LogP contribution in [0, 0.1) is 0 Å². The third-order valence-corrected chi connectivity index (χ3v) is 5.27. The topological polar surface area (TPSA) is 76.7 Å². The Morgan fingerprint density at radius 3 is 2.12 bits per heavy atom. The number of carbonyl (C=O) groups excluding carboxylic acids is 2. The van der Waals surface area contributed by atoms with E-state index in [1.807, 2.05) is 19.9 Å². The molecule has 3 aromatic carbocycles. The van der Waals surface area contributed by atoms with Gasteiger partial charge in [-0.1, -0.05) is 39.7 Å². The van der Waals surface area contributed by atoms with Gasteiger partial charge in [0.1, 0.15) is 11.5 Å². The summed E-state index contributed by atoms with van der Waals surface area (Å²) in [5.74, 6) is 0.317. The second-order valence-electron chi connectivity index (χ2n) is 7.52. The van der Waals surface area contributed by atoms with Gasteiger partial charge in [-0.05, 0) is 75.4 Å².